The van der Waals surface area contributed by atoms with Crippen LogP contribution in [0.1, 0.15) is 46.8 Å². The third-order valence-corrected chi connectivity index (χ3v) is 5.88. The molecule has 2 N–H and O–H groups in total. The summed E-state index contributed by atoms with van der Waals surface area (Å²) < 4.78 is 39.7. The second kappa shape index (κ2) is 9.75. The smallest absolute Gasteiger partial charge is 0.417 e. The monoisotopic (exact) mass is 452 g/mol. The summed E-state index contributed by atoms with van der Waals surface area (Å²) in [6, 6.07) is 9.15. The lowest BCUT2D eigenvalue weighted by atomic mass is 9.90. The molecule has 8 heteroatoms. The SMILES string of the molecule is C=CCN1CCCC[C@H]1C(NC(=O)c1cccc(C(F)(F)F)c1Cl)c1cccc(O)c1. The van der Waals surface area contributed by atoms with Crippen LogP contribution in [0.25, 0.3) is 0 Å². The third kappa shape index (κ3) is 5.40. The number of piperidine rings is 1. The van der Waals surface area contributed by atoms with E-state index in [1.807, 2.05) is 0 Å². The maximum absolute atomic E-state index is 13.2. The van der Waals surface area contributed by atoms with Crippen LogP contribution in [0.2, 0.25) is 5.02 Å². The number of carbonyl (C=O) groups is 1. The fourth-order valence-corrected chi connectivity index (χ4v) is 4.37. The van der Waals surface area contributed by atoms with Crippen LogP contribution in [-0.2, 0) is 6.18 Å². The van der Waals surface area contributed by atoms with E-state index in [0.29, 0.717) is 12.1 Å². The molecule has 1 aliphatic rings. The van der Waals surface area contributed by atoms with Crippen molar-refractivity contribution < 1.29 is 23.1 Å². The molecule has 1 heterocycles. The van der Waals surface area contributed by atoms with Crippen molar-refractivity contribution in [1.82, 2.24) is 10.2 Å². The lowest BCUT2D eigenvalue weighted by Crippen LogP contribution is -2.48. The lowest BCUT2D eigenvalue weighted by Gasteiger charge is -2.40. The molecule has 0 bridgehead atoms. The van der Waals surface area contributed by atoms with E-state index in [0.717, 1.165) is 37.9 Å². The van der Waals surface area contributed by atoms with E-state index in [-0.39, 0.29) is 17.4 Å². The van der Waals surface area contributed by atoms with Crippen molar-refractivity contribution in [2.75, 3.05) is 13.1 Å². The van der Waals surface area contributed by atoms with Crippen LogP contribution >= 0.6 is 11.6 Å². The molecule has 2 aromatic carbocycles. The first-order valence-electron chi connectivity index (χ1n) is 10.0. The molecule has 1 saturated heterocycles. The topological polar surface area (TPSA) is 52.6 Å². The lowest BCUT2D eigenvalue weighted by molar-refractivity contribution is -0.137. The van der Waals surface area contributed by atoms with Gasteiger partial charge in [0.05, 0.1) is 22.2 Å². The summed E-state index contributed by atoms with van der Waals surface area (Å²) in [6.07, 6.45) is -0.144. The van der Waals surface area contributed by atoms with Crippen molar-refractivity contribution in [3.05, 3.63) is 76.8 Å². The molecular weight excluding hydrogens is 429 g/mol. The summed E-state index contributed by atoms with van der Waals surface area (Å²) in [7, 11) is 0. The molecular formula is C23H24ClF3N2O2. The molecule has 3 rings (SSSR count). The van der Waals surface area contributed by atoms with E-state index in [4.69, 9.17) is 11.6 Å². The Kier molecular flexibility index (Phi) is 7.28. The zero-order valence-corrected chi connectivity index (χ0v) is 17.6. The first-order chi connectivity index (χ1) is 14.7. The summed E-state index contributed by atoms with van der Waals surface area (Å²) >= 11 is 5.96. The largest absolute Gasteiger partial charge is 0.508 e. The number of amides is 1. The molecule has 1 unspecified atom stereocenters. The van der Waals surface area contributed by atoms with Gasteiger partial charge in [-0.1, -0.05) is 42.3 Å². The minimum absolute atomic E-state index is 0.0416. The fraction of sp³-hybridized carbons (Fsp3) is 0.348. The van der Waals surface area contributed by atoms with Crippen LogP contribution in [0.3, 0.4) is 0 Å². The van der Waals surface area contributed by atoms with Crippen molar-refractivity contribution in [2.45, 2.75) is 37.5 Å². The van der Waals surface area contributed by atoms with Crippen LogP contribution in [-0.4, -0.2) is 35.0 Å². The van der Waals surface area contributed by atoms with Crippen LogP contribution < -0.4 is 5.32 Å². The Bertz CT molecular complexity index is 949. The average molecular weight is 453 g/mol. The van der Waals surface area contributed by atoms with E-state index in [9.17, 15) is 23.1 Å². The minimum Gasteiger partial charge on any atom is -0.508 e. The Morgan fingerprint density at radius 3 is 2.71 bits per heavy atom. The van der Waals surface area contributed by atoms with E-state index < -0.39 is 28.7 Å². The predicted octanol–water partition coefficient (Wildman–Crippen LogP) is 5.58. The molecule has 0 aliphatic carbocycles. The van der Waals surface area contributed by atoms with Gasteiger partial charge in [0, 0.05) is 12.6 Å². The average Bonchev–Trinajstić information content (AvgIpc) is 2.72. The van der Waals surface area contributed by atoms with Crippen LogP contribution in [0.5, 0.6) is 5.75 Å². The maximum Gasteiger partial charge on any atom is 0.417 e. The van der Waals surface area contributed by atoms with Gasteiger partial charge in [-0.05, 0) is 49.2 Å². The molecule has 1 fully saturated rings. The highest BCUT2D eigenvalue weighted by Gasteiger charge is 2.36. The zero-order valence-electron chi connectivity index (χ0n) is 16.8. The molecule has 2 atom stereocenters. The Labute approximate surface area is 184 Å². The van der Waals surface area contributed by atoms with Gasteiger partial charge in [-0.15, -0.1) is 6.58 Å². The second-order valence-corrected chi connectivity index (χ2v) is 7.94. The van der Waals surface area contributed by atoms with Crippen molar-refractivity contribution in [1.29, 1.82) is 0 Å². The number of nitrogens with zero attached hydrogens (tertiary/aromatic N) is 1. The van der Waals surface area contributed by atoms with Crippen LogP contribution in [0.4, 0.5) is 13.2 Å². The fourth-order valence-electron chi connectivity index (χ4n) is 4.05. The zero-order chi connectivity index (χ0) is 22.6. The normalized spacial score (nSPS) is 18.4. The van der Waals surface area contributed by atoms with Gasteiger partial charge >= 0.3 is 6.18 Å². The van der Waals surface area contributed by atoms with Crippen LogP contribution in [0.15, 0.2) is 55.1 Å². The van der Waals surface area contributed by atoms with Gasteiger partial charge in [0.2, 0.25) is 0 Å². The summed E-state index contributed by atoms with van der Waals surface area (Å²) in [5.41, 5.74) is -0.633. The number of phenols is 1. The van der Waals surface area contributed by atoms with Crippen molar-refractivity contribution in [3.8, 4) is 5.75 Å². The molecule has 4 nitrogen and oxygen atoms in total. The van der Waals surface area contributed by atoms with E-state index in [1.54, 1.807) is 24.3 Å². The number of rotatable bonds is 6. The Balaban J connectivity index is 1.97. The summed E-state index contributed by atoms with van der Waals surface area (Å²) in [5, 5.41) is 12.2. The van der Waals surface area contributed by atoms with Gasteiger partial charge in [-0.3, -0.25) is 9.69 Å². The molecule has 0 radical (unpaired) electrons. The molecule has 1 aliphatic heterocycles. The first kappa shape index (κ1) is 23.2. The highest BCUT2D eigenvalue weighted by Crippen LogP contribution is 2.37. The van der Waals surface area contributed by atoms with Gasteiger partial charge in [0.25, 0.3) is 5.91 Å². The molecule has 2 aromatic rings. The third-order valence-electron chi connectivity index (χ3n) is 5.48. The minimum atomic E-state index is -4.66. The van der Waals surface area contributed by atoms with Gasteiger partial charge < -0.3 is 10.4 Å². The molecule has 0 saturated carbocycles. The van der Waals surface area contributed by atoms with Gasteiger partial charge in [-0.25, -0.2) is 0 Å². The number of hydrogen-bond donors (Lipinski definition) is 2. The number of likely N-dealkylation sites (tertiary alicyclic amines) is 1. The molecule has 166 valence electrons. The summed E-state index contributed by atoms with van der Waals surface area (Å²) in [4.78, 5) is 15.2. The first-order valence-corrected chi connectivity index (χ1v) is 10.4. The quantitative estimate of drug-likeness (QED) is 0.563. The van der Waals surface area contributed by atoms with Crippen molar-refractivity contribution in [3.63, 3.8) is 0 Å². The number of benzene rings is 2. The number of hydrogen-bond acceptors (Lipinski definition) is 3. The highest BCUT2D eigenvalue weighted by molar-refractivity contribution is 6.34. The highest BCUT2D eigenvalue weighted by atomic mass is 35.5. The molecule has 0 spiro atoms. The predicted molar refractivity (Wildman–Crippen MR) is 114 cm³/mol. The van der Waals surface area contributed by atoms with Crippen LogP contribution in [0, 0.1) is 0 Å². The molecule has 31 heavy (non-hydrogen) atoms. The number of halogens is 4. The van der Waals surface area contributed by atoms with E-state index in [1.165, 1.54) is 12.1 Å². The van der Waals surface area contributed by atoms with Gasteiger partial charge in [0.1, 0.15) is 5.75 Å². The Hall–Kier alpha value is -2.51. The summed E-state index contributed by atoms with van der Waals surface area (Å²) in [5.74, 6) is -0.659. The number of alkyl halides is 3. The number of nitrogens with one attached hydrogen (secondary N) is 1. The number of carbonyl (C=O) groups excluding carboxylic acids is 1. The Morgan fingerprint density at radius 2 is 2.03 bits per heavy atom. The van der Waals surface area contributed by atoms with E-state index in [2.05, 4.69) is 16.8 Å². The standard InChI is InChI=1S/C23H24ClF3N2O2/c1-2-12-29-13-4-3-11-19(29)21(15-7-5-8-16(30)14-15)28-22(31)17-9-6-10-18(20(17)24)23(25,26)27/h2,5-10,14,19,21,30H,1,3-4,11-13H2,(H,28,31)/t19-,21?/m0/s1. The van der Waals surface area contributed by atoms with Gasteiger partial charge in [-0.2, -0.15) is 13.2 Å². The van der Waals surface area contributed by atoms with Gasteiger partial charge in [0.15, 0.2) is 0 Å². The molecule has 1 amide bonds. The Morgan fingerprint density at radius 1 is 1.29 bits per heavy atom. The van der Waals surface area contributed by atoms with E-state index >= 15 is 0 Å². The number of aromatic hydroxyl groups is 1. The summed E-state index contributed by atoms with van der Waals surface area (Å²) in [6.45, 7) is 5.22. The molecule has 0 aromatic heterocycles. The van der Waals surface area contributed by atoms with Crippen molar-refractivity contribution >= 4 is 17.5 Å². The second-order valence-electron chi connectivity index (χ2n) is 7.56. The van der Waals surface area contributed by atoms with Crippen molar-refractivity contribution in [2.24, 2.45) is 0 Å². The maximum atomic E-state index is 13.2. The number of phenolic OH excluding ortho intramolecular Hbond substituents is 1.